The van der Waals surface area contributed by atoms with E-state index in [4.69, 9.17) is 16.4 Å². The zero-order valence-corrected chi connectivity index (χ0v) is 15.6. The molecule has 1 aromatic carbocycles. The van der Waals surface area contributed by atoms with Crippen LogP contribution in [0.2, 0.25) is 5.02 Å². The molecule has 1 heterocycles. The molecule has 1 aromatic heterocycles. The first-order valence-electron chi connectivity index (χ1n) is 6.77. The summed E-state index contributed by atoms with van der Waals surface area (Å²) >= 11 is 7.06. The highest BCUT2D eigenvalue weighted by atomic mass is 35.5. The highest BCUT2D eigenvalue weighted by Crippen LogP contribution is 2.26. The maximum Gasteiger partial charge on any atom is 0.263 e. The average molecular weight is 390 g/mol. The Balaban J connectivity index is 2.17. The van der Waals surface area contributed by atoms with Gasteiger partial charge in [-0.1, -0.05) is 17.7 Å². The van der Waals surface area contributed by atoms with Gasteiger partial charge in [0.2, 0.25) is 0 Å². The zero-order valence-electron chi connectivity index (χ0n) is 13.2. The predicted molar refractivity (Wildman–Crippen MR) is 92.6 cm³/mol. The van der Waals surface area contributed by atoms with Gasteiger partial charge in [-0.25, -0.2) is 18.5 Å². The molecule has 1 N–H and O–H groups in total. The van der Waals surface area contributed by atoms with Gasteiger partial charge in [0.25, 0.3) is 15.9 Å². The fraction of sp³-hybridized carbons (Fsp3) is 0.286. The fourth-order valence-electron chi connectivity index (χ4n) is 1.85. The number of hydrogen-bond donors (Lipinski definition) is 1. The Morgan fingerprint density at radius 2 is 2.17 bits per heavy atom. The Hall–Kier alpha value is -1.68. The number of rotatable bonds is 6. The number of thiazole rings is 1. The van der Waals surface area contributed by atoms with Crippen LogP contribution < -0.4 is 4.72 Å². The molecule has 0 aliphatic heterocycles. The highest BCUT2D eigenvalue weighted by Gasteiger charge is 2.20. The number of likely N-dealkylation sites (N-methyl/N-ethyl adjacent to an activating group) is 1. The van der Waals surface area contributed by atoms with Crippen molar-refractivity contribution in [3.05, 3.63) is 39.9 Å². The summed E-state index contributed by atoms with van der Waals surface area (Å²) in [5.41, 5.74) is 0.912. The molecule has 0 saturated carbocycles. The quantitative estimate of drug-likeness (QED) is 0.766. The van der Waals surface area contributed by atoms with E-state index in [9.17, 15) is 13.2 Å². The minimum atomic E-state index is -3.81. The summed E-state index contributed by atoms with van der Waals surface area (Å²) in [5, 5.41) is 3.24. The van der Waals surface area contributed by atoms with Gasteiger partial charge in [0.1, 0.15) is 0 Å². The summed E-state index contributed by atoms with van der Waals surface area (Å²) in [6, 6.07) is 4.65. The number of hydrogen-bond acceptors (Lipinski definition) is 6. The first kappa shape index (κ1) is 18.7. The summed E-state index contributed by atoms with van der Waals surface area (Å²) in [4.78, 5) is 20.8. The summed E-state index contributed by atoms with van der Waals surface area (Å²) in [6.45, 7) is 1.63. The molecule has 0 bridgehead atoms. The van der Waals surface area contributed by atoms with Crippen LogP contribution in [0.1, 0.15) is 11.3 Å². The molecule has 0 fully saturated rings. The Labute approximate surface area is 149 Å². The first-order chi connectivity index (χ1) is 11.2. The number of hydroxylamine groups is 2. The lowest BCUT2D eigenvalue weighted by molar-refractivity contribution is -0.167. The van der Waals surface area contributed by atoms with Gasteiger partial charge in [-0.15, -0.1) is 11.3 Å². The number of carbonyl (C=O) groups excluding carboxylic acids is 1. The predicted octanol–water partition coefficient (Wildman–Crippen LogP) is 2.47. The molecule has 0 saturated heterocycles. The second-order valence-corrected chi connectivity index (χ2v) is 7.78. The van der Waals surface area contributed by atoms with Crippen LogP contribution in [-0.2, 0) is 26.1 Å². The number of benzene rings is 1. The van der Waals surface area contributed by atoms with Gasteiger partial charge >= 0.3 is 0 Å². The van der Waals surface area contributed by atoms with Crippen molar-refractivity contribution in [3.8, 4) is 0 Å². The van der Waals surface area contributed by atoms with Gasteiger partial charge in [-0.2, -0.15) is 0 Å². The van der Waals surface area contributed by atoms with Crippen molar-refractivity contribution in [2.24, 2.45) is 0 Å². The van der Waals surface area contributed by atoms with E-state index < -0.39 is 10.0 Å². The smallest absolute Gasteiger partial charge is 0.263 e. The van der Waals surface area contributed by atoms with E-state index in [0.717, 1.165) is 16.4 Å². The lowest BCUT2D eigenvalue weighted by Crippen LogP contribution is -2.27. The van der Waals surface area contributed by atoms with E-state index in [1.807, 2.05) is 0 Å². The molecule has 0 unspecified atom stereocenters. The SMILES string of the molecule is CON(C)C(=O)Cc1csc(NS(=O)(=O)c2cccc(Cl)c2C)n1. The standard InChI is InChI=1S/C14H16ClN3O4S2/c1-9-11(15)5-4-6-12(9)24(20,21)17-14-16-10(8-23-14)7-13(19)18(2)22-3/h4-6,8H,7H2,1-3H3,(H,16,17). The molecular formula is C14H16ClN3O4S2. The molecule has 0 aliphatic rings. The molecule has 0 aliphatic carbocycles. The van der Waals surface area contributed by atoms with Crippen molar-refractivity contribution in [3.63, 3.8) is 0 Å². The van der Waals surface area contributed by atoms with Crippen LogP contribution in [0.25, 0.3) is 0 Å². The maximum absolute atomic E-state index is 12.5. The molecule has 0 spiro atoms. The summed E-state index contributed by atoms with van der Waals surface area (Å²) in [5.74, 6) is -0.289. The molecule has 2 rings (SSSR count). The fourth-order valence-corrected chi connectivity index (χ4v) is 4.31. The third-order valence-corrected chi connectivity index (χ3v) is 6.07. The number of sulfonamides is 1. The molecule has 2 aromatic rings. The van der Waals surface area contributed by atoms with Crippen molar-refractivity contribution >= 4 is 44.0 Å². The first-order valence-corrected chi connectivity index (χ1v) is 9.51. The number of halogens is 1. The maximum atomic E-state index is 12.5. The van der Waals surface area contributed by atoms with Gasteiger partial charge < -0.3 is 0 Å². The van der Waals surface area contributed by atoms with Crippen LogP contribution in [0.5, 0.6) is 0 Å². The summed E-state index contributed by atoms with van der Waals surface area (Å²) in [7, 11) is -0.942. The number of carbonyl (C=O) groups is 1. The minimum absolute atomic E-state index is 0.0127. The van der Waals surface area contributed by atoms with Gasteiger partial charge in [0.15, 0.2) is 5.13 Å². The number of aromatic nitrogens is 1. The number of anilines is 1. The molecule has 0 radical (unpaired) electrons. The van der Waals surface area contributed by atoms with Gasteiger partial charge in [-0.05, 0) is 24.6 Å². The van der Waals surface area contributed by atoms with E-state index >= 15 is 0 Å². The second kappa shape index (κ2) is 7.47. The Morgan fingerprint density at radius 3 is 2.83 bits per heavy atom. The largest absolute Gasteiger partial charge is 0.275 e. The number of amides is 1. The van der Waals surface area contributed by atoms with Gasteiger partial charge in [0, 0.05) is 17.5 Å². The molecule has 1 amide bonds. The van der Waals surface area contributed by atoms with E-state index in [1.165, 1.54) is 20.2 Å². The zero-order chi connectivity index (χ0) is 17.9. The minimum Gasteiger partial charge on any atom is -0.275 e. The summed E-state index contributed by atoms with van der Waals surface area (Å²) in [6.07, 6.45) is 0.0127. The topological polar surface area (TPSA) is 88.6 Å². The van der Waals surface area contributed by atoms with E-state index in [2.05, 4.69) is 9.71 Å². The van der Waals surface area contributed by atoms with Gasteiger partial charge in [0.05, 0.1) is 24.1 Å². The molecular weight excluding hydrogens is 374 g/mol. The van der Waals surface area contributed by atoms with Crippen molar-refractivity contribution in [2.45, 2.75) is 18.2 Å². The van der Waals surface area contributed by atoms with Crippen LogP contribution in [0, 0.1) is 6.92 Å². The number of nitrogens with one attached hydrogen (secondary N) is 1. The Bertz CT molecular complexity index is 851. The Morgan fingerprint density at radius 1 is 1.46 bits per heavy atom. The molecule has 0 atom stereocenters. The lowest BCUT2D eigenvalue weighted by Gasteiger charge is -2.12. The lowest BCUT2D eigenvalue weighted by atomic mass is 10.2. The third-order valence-electron chi connectivity index (χ3n) is 3.24. The molecule has 7 nitrogen and oxygen atoms in total. The van der Waals surface area contributed by atoms with Crippen molar-refractivity contribution in [1.82, 2.24) is 10.0 Å². The number of nitrogens with zero attached hydrogens (tertiary/aromatic N) is 2. The van der Waals surface area contributed by atoms with Crippen molar-refractivity contribution in [1.29, 1.82) is 0 Å². The van der Waals surface area contributed by atoms with Crippen molar-refractivity contribution < 1.29 is 18.0 Å². The normalized spacial score (nSPS) is 11.3. The summed E-state index contributed by atoms with van der Waals surface area (Å²) < 4.78 is 27.3. The highest BCUT2D eigenvalue weighted by molar-refractivity contribution is 7.93. The molecule has 130 valence electrons. The molecule has 24 heavy (non-hydrogen) atoms. The van der Waals surface area contributed by atoms with Gasteiger partial charge in [-0.3, -0.25) is 14.4 Å². The van der Waals surface area contributed by atoms with Crippen LogP contribution in [0.4, 0.5) is 5.13 Å². The Kier molecular flexibility index (Phi) is 5.81. The van der Waals surface area contributed by atoms with Crippen LogP contribution >= 0.6 is 22.9 Å². The van der Waals surface area contributed by atoms with Crippen LogP contribution in [0.3, 0.4) is 0 Å². The van der Waals surface area contributed by atoms with Crippen molar-refractivity contribution in [2.75, 3.05) is 18.9 Å². The van der Waals surface area contributed by atoms with Crippen LogP contribution in [-0.4, -0.2) is 38.5 Å². The van der Waals surface area contributed by atoms with E-state index in [1.54, 1.807) is 24.4 Å². The van der Waals surface area contributed by atoms with Crippen LogP contribution in [0.15, 0.2) is 28.5 Å². The molecule has 10 heteroatoms. The monoisotopic (exact) mass is 389 g/mol. The van der Waals surface area contributed by atoms with E-state index in [-0.39, 0.29) is 22.4 Å². The van der Waals surface area contributed by atoms with E-state index in [0.29, 0.717) is 16.3 Å². The third kappa shape index (κ3) is 4.23. The average Bonchev–Trinajstić information content (AvgIpc) is 2.95. The second-order valence-electron chi connectivity index (χ2n) is 4.86.